The Hall–Kier alpha value is -4.05. The molecule has 0 radical (unpaired) electrons. The summed E-state index contributed by atoms with van der Waals surface area (Å²) < 4.78 is 39.4. The van der Waals surface area contributed by atoms with Gasteiger partial charge in [-0.3, -0.25) is 9.59 Å². The van der Waals surface area contributed by atoms with Crippen LogP contribution in [0, 0.1) is 11.6 Å². The molecule has 0 aliphatic rings. The van der Waals surface area contributed by atoms with Crippen LogP contribution in [0.2, 0.25) is 0 Å². The van der Waals surface area contributed by atoms with E-state index in [9.17, 15) is 18.4 Å². The van der Waals surface area contributed by atoms with Crippen LogP contribution in [0.25, 0.3) is 10.9 Å². The Balaban J connectivity index is 1.38. The highest BCUT2D eigenvalue weighted by atomic mass is 32.2. The molecule has 3 aromatic carbocycles. The zero-order valence-corrected chi connectivity index (χ0v) is 21.0. The number of methoxy groups -OCH3 is 2. The molecule has 0 spiro atoms. The zero-order chi connectivity index (χ0) is 26.4. The van der Waals surface area contributed by atoms with Crippen molar-refractivity contribution in [3.63, 3.8) is 0 Å². The van der Waals surface area contributed by atoms with Crippen molar-refractivity contribution in [2.24, 2.45) is 0 Å². The van der Waals surface area contributed by atoms with E-state index in [1.807, 2.05) is 35.0 Å². The molecule has 1 heterocycles. The first-order valence-corrected chi connectivity index (χ1v) is 12.3. The molecular weight excluding hydrogens is 500 g/mol. The molecule has 0 unspecified atom stereocenters. The molecule has 192 valence electrons. The van der Waals surface area contributed by atoms with Crippen LogP contribution in [-0.4, -0.2) is 42.9 Å². The van der Waals surface area contributed by atoms with E-state index in [1.165, 1.54) is 32.0 Å². The van der Waals surface area contributed by atoms with Crippen LogP contribution >= 0.6 is 11.8 Å². The monoisotopic (exact) mass is 525 g/mol. The van der Waals surface area contributed by atoms with E-state index in [0.717, 1.165) is 27.9 Å². The Labute approximate surface area is 216 Å². The molecule has 0 fully saturated rings. The van der Waals surface area contributed by atoms with E-state index in [0.29, 0.717) is 30.2 Å². The molecular formula is C27H25F2N3O4S. The first-order chi connectivity index (χ1) is 17.9. The fourth-order valence-electron chi connectivity index (χ4n) is 3.80. The predicted molar refractivity (Wildman–Crippen MR) is 140 cm³/mol. The number of carbonyl (C=O) groups excluding carboxylic acids is 2. The maximum Gasteiger partial charge on any atom is 0.251 e. The Kier molecular flexibility index (Phi) is 8.29. The number of ether oxygens (including phenoxy) is 2. The van der Waals surface area contributed by atoms with Crippen LogP contribution in [0.4, 0.5) is 14.5 Å². The number of nitrogens with one attached hydrogen (secondary N) is 2. The number of para-hydroxylation sites is 1. The van der Waals surface area contributed by atoms with E-state index in [-0.39, 0.29) is 17.3 Å². The smallest absolute Gasteiger partial charge is 0.251 e. The zero-order valence-electron chi connectivity index (χ0n) is 20.2. The number of rotatable bonds is 10. The Bertz CT molecular complexity index is 1440. The summed E-state index contributed by atoms with van der Waals surface area (Å²) in [6, 6.07) is 15.7. The highest BCUT2D eigenvalue weighted by molar-refractivity contribution is 8.00. The van der Waals surface area contributed by atoms with Gasteiger partial charge in [0.05, 0.1) is 25.7 Å². The number of benzene rings is 3. The second-order valence-corrected chi connectivity index (χ2v) is 9.01. The largest absolute Gasteiger partial charge is 0.493 e. The van der Waals surface area contributed by atoms with Crippen LogP contribution in [0.1, 0.15) is 10.4 Å². The molecule has 4 aromatic rings. The highest BCUT2D eigenvalue weighted by Gasteiger charge is 2.14. The standard InChI is InChI=1S/C27H25F2N3O4S/c1-35-23-10-7-17(13-24(23)36-2)27(34)30-11-12-32-15-25(19-5-3-4-6-22(19)32)37-16-26(33)31-21-9-8-18(28)14-20(21)29/h3-10,13-15H,11-12,16H2,1-2H3,(H,30,34)(H,31,33). The molecule has 37 heavy (non-hydrogen) atoms. The lowest BCUT2D eigenvalue weighted by Gasteiger charge is -2.10. The lowest BCUT2D eigenvalue weighted by atomic mass is 10.2. The van der Waals surface area contributed by atoms with Crippen molar-refractivity contribution in [1.29, 1.82) is 0 Å². The third-order valence-electron chi connectivity index (χ3n) is 5.60. The van der Waals surface area contributed by atoms with E-state index >= 15 is 0 Å². The van der Waals surface area contributed by atoms with E-state index in [2.05, 4.69) is 10.6 Å². The summed E-state index contributed by atoms with van der Waals surface area (Å²) >= 11 is 1.31. The minimum atomic E-state index is -0.829. The topological polar surface area (TPSA) is 81.6 Å². The fourth-order valence-corrected chi connectivity index (χ4v) is 4.69. The second kappa shape index (κ2) is 11.8. The predicted octanol–water partition coefficient (Wildman–Crippen LogP) is 5.10. The SMILES string of the molecule is COc1ccc(C(=O)NCCn2cc(SCC(=O)Nc3ccc(F)cc3F)c3ccccc32)cc1OC. The van der Waals surface area contributed by atoms with Gasteiger partial charge in [-0.15, -0.1) is 11.8 Å². The number of amides is 2. The van der Waals surface area contributed by atoms with Gasteiger partial charge in [0, 0.05) is 46.7 Å². The number of fused-ring (bicyclic) bond motifs is 1. The van der Waals surface area contributed by atoms with Crippen molar-refractivity contribution in [1.82, 2.24) is 9.88 Å². The average Bonchev–Trinajstić information content (AvgIpc) is 3.26. The van der Waals surface area contributed by atoms with Crippen LogP contribution in [-0.2, 0) is 11.3 Å². The number of nitrogens with zero attached hydrogens (tertiary/aromatic N) is 1. The molecule has 0 saturated heterocycles. The highest BCUT2D eigenvalue weighted by Crippen LogP contribution is 2.30. The third-order valence-corrected chi connectivity index (χ3v) is 6.64. The van der Waals surface area contributed by atoms with Gasteiger partial charge in [-0.2, -0.15) is 0 Å². The molecule has 4 rings (SSSR count). The summed E-state index contributed by atoms with van der Waals surface area (Å²) in [5.41, 5.74) is 1.34. The molecule has 0 bridgehead atoms. The van der Waals surface area contributed by atoms with Gasteiger partial charge < -0.3 is 24.7 Å². The van der Waals surface area contributed by atoms with Gasteiger partial charge >= 0.3 is 0 Å². The Morgan fingerprint density at radius 3 is 2.51 bits per heavy atom. The maximum atomic E-state index is 13.8. The quantitative estimate of drug-likeness (QED) is 0.282. The van der Waals surface area contributed by atoms with Crippen molar-refractivity contribution in [2.75, 3.05) is 31.8 Å². The van der Waals surface area contributed by atoms with Gasteiger partial charge in [-0.05, 0) is 36.4 Å². The van der Waals surface area contributed by atoms with Crippen molar-refractivity contribution in [2.45, 2.75) is 11.4 Å². The van der Waals surface area contributed by atoms with E-state index in [4.69, 9.17) is 9.47 Å². The first-order valence-electron chi connectivity index (χ1n) is 11.4. The van der Waals surface area contributed by atoms with Gasteiger partial charge in [0.2, 0.25) is 5.91 Å². The minimum Gasteiger partial charge on any atom is -0.493 e. The van der Waals surface area contributed by atoms with Crippen molar-refractivity contribution >= 4 is 40.2 Å². The van der Waals surface area contributed by atoms with Crippen LogP contribution < -0.4 is 20.1 Å². The molecule has 0 aliphatic heterocycles. The summed E-state index contributed by atoms with van der Waals surface area (Å²) in [5, 5.41) is 6.33. The number of anilines is 1. The maximum absolute atomic E-state index is 13.8. The number of hydrogen-bond donors (Lipinski definition) is 2. The molecule has 2 amide bonds. The number of carbonyl (C=O) groups is 2. The normalized spacial score (nSPS) is 10.8. The summed E-state index contributed by atoms with van der Waals surface area (Å²) in [7, 11) is 3.04. The van der Waals surface area contributed by atoms with Gasteiger partial charge in [-0.1, -0.05) is 18.2 Å². The number of aromatic nitrogens is 1. The lowest BCUT2D eigenvalue weighted by molar-refractivity contribution is -0.113. The van der Waals surface area contributed by atoms with Gasteiger partial charge in [0.25, 0.3) is 5.91 Å². The minimum absolute atomic E-state index is 0.0425. The summed E-state index contributed by atoms with van der Waals surface area (Å²) in [6.45, 7) is 0.882. The third kappa shape index (κ3) is 6.21. The molecule has 7 nitrogen and oxygen atoms in total. The van der Waals surface area contributed by atoms with Crippen LogP contribution in [0.3, 0.4) is 0 Å². The number of hydrogen-bond acceptors (Lipinski definition) is 5. The van der Waals surface area contributed by atoms with Gasteiger partial charge in [-0.25, -0.2) is 8.78 Å². The Morgan fingerprint density at radius 1 is 0.973 bits per heavy atom. The van der Waals surface area contributed by atoms with Crippen molar-refractivity contribution < 1.29 is 27.8 Å². The lowest BCUT2D eigenvalue weighted by Crippen LogP contribution is -2.27. The fraction of sp³-hybridized carbons (Fsp3) is 0.185. The number of halogens is 2. The second-order valence-electron chi connectivity index (χ2n) is 7.99. The molecule has 0 saturated carbocycles. The molecule has 0 aliphatic carbocycles. The van der Waals surface area contributed by atoms with Gasteiger partial charge in [0.1, 0.15) is 11.6 Å². The Morgan fingerprint density at radius 2 is 1.76 bits per heavy atom. The number of thioether (sulfide) groups is 1. The van der Waals surface area contributed by atoms with Crippen LogP contribution in [0.5, 0.6) is 11.5 Å². The molecule has 10 heteroatoms. The van der Waals surface area contributed by atoms with Gasteiger partial charge in [0.15, 0.2) is 11.5 Å². The van der Waals surface area contributed by atoms with E-state index < -0.39 is 17.5 Å². The van der Waals surface area contributed by atoms with Crippen LogP contribution in [0.15, 0.2) is 71.8 Å². The van der Waals surface area contributed by atoms with Crippen molar-refractivity contribution in [3.8, 4) is 11.5 Å². The molecule has 2 N–H and O–H groups in total. The summed E-state index contributed by atoms with van der Waals surface area (Å²) in [4.78, 5) is 25.9. The molecule has 1 aromatic heterocycles. The first kappa shape index (κ1) is 26.0. The van der Waals surface area contributed by atoms with Crippen molar-refractivity contribution in [3.05, 3.63) is 84.1 Å². The summed E-state index contributed by atoms with van der Waals surface area (Å²) in [5.74, 6) is -1.13. The average molecular weight is 526 g/mol. The summed E-state index contributed by atoms with van der Waals surface area (Å²) in [6.07, 6.45) is 1.92. The van der Waals surface area contributed by atoms with E-state index in [1.54, 1.807) is 18.2 Å². The molecule has 0 atom stereocenters.